The van der Waals surface area contributed by atoms with Crippen LogP contribution in [0.3, 0.4) is 0 Å². The van der Waals surface area contributed by atoms with Crippen molar-refractivity contribution in [3.8, 4) is 0 Å². The average Bonchev–Trinajstić information content (AvgIpc) is 0.811. The minimum atomic E-state index is -3.67. The first-order valence-electron chi connectivity index (χ1n) is 0.655. The Labute approximate surface area is 44.3 Å². The maximum absolute atomic E-state index is 9.67. The van der Waals surface area contributed by atoms with Crippen LogP contribution < -0.4 is 0 Å². The van der Waals surface area contributed by atoms with Gasteiger partial charge in [-0.1, -0.05) is 0 Å². The number of rotatable bonds is 0. The molecule has 0 nitrogen and oxygen atoms in total. The normalized spacial score (nSPS) is 7.20. The van der Waals surface area contributed by atoms with E-state index in [9.17, 15) is 13.2 Å². The first-order chi connectivity index (χ1) is 1.73. The third-order valence-corrected chi connectivity index (χ3v) is 0. The van der Waals surface area contributed by atoms with Crippen LogP contribution in [0.1, 0.15) is 0 Å². The van der Waals surface area contributed by atoms with Crippen LogP contribution in [0.2, 0.25) is 0 Å². The molecule has 32 valence electrons. The van der Waals surface area contributed by atoms with Gasteiger partial charge in [0.25, 0.3) is 0 Å². The van der Waals surface area contributed by atoms with Crippen LogP contribution in [-0.2, 0) is 0 Å². The second-order valence-electron chi connectivity index (χ2n) is 0.247. The first-order valence-corrected chi connectivity index (χ1v) is 0.655. The van der Waals surface area contributed by atoms with E-state index in [0.717, 1.165) is 0 Å². The van der Waals surface area contributed by atoms with E-state index in [1.165, 1.54) is 0 Å². The van der Waals surface area contributed by atoms with Gasteiger partial charge >= 0.3 is 30.6 Å². The number of alkyl halides is 3. The Hall–Kier alpha value is 0.589. The van der Waals surface area contributed by atoms with Crippen molar-refractivity contribution < 1.29 is 13.2 Å². The first kappa shape index (κ1) is 9.14. The van der Waals surface area contributed by atoms with E-state index in [2.05, 4.69) is 0 Å². The summed E-state index contributed by atoms with van der Waals surface area (Å²) in [5.41, 5.74) is 0. The Bertz CT molecular complexity index is 11.6. The summed E-state index contributed by atoms with van der Waals surface area (Å²) in [6, 6.07) is 0. The fourth-order valence-corrected chi connectivity index (χ4v) is 0. The molecule has 0 fully saturated rings. The Kier molecular flexibility index (Phi) is 8.39. The quantitative estimate of drug-likeness (QED) is 0.481. The molecular weight excluding hydrogens is 188 g/mol. The summed E-state index contributed by atoms with van der Waals surface area (Å²) < 4.78 is 29.0. The van der Waals surface area contributed by atoms with Gasteiger partial charge < -0.3 is 0 Å². The van der Waals surface area contributed by atoms with Gasteiger partial charge in [-0.25, -0.2) is 0 Å². The molecule has 0 amide bonds. The molecule has 0 unspecified atom stereocenters. The molecule has 5 heavy (non-hydrogen) atoms. The van der Waals surface area contributed by atoms with E-state index < -0.39 is 6.68 Å². The van der Waals surface area contributed by atoms with Gasteiger partial charge in [-0.3, -0.25) is 0 Å². The van der Waals surface area contributed by atoms with Gasteiger partial charge in [-0.15, -0.1) is 0 Å². The van der Waals surface area contributed by atoms with Crippen LogP contribution in [-0.4, -0.2) is 30.6 Å². The van der Waals surface area contributed by atoms with E-state index in [1.54, 1.807) is 0 Å². The molecule has 0 rings (SSSR count). The van der Waals surface area contributed by atoms with Gasteiger partial charge in [-0.05, 0) is 0 Å². The fourth-order valence-electron chi connectivity index (χ4n) is 0. The summed E-state index contributed by atoms with van der Waals surface area (Å²) >= 11 is 0. The molecule has 0 saturated carbocycles. The topological polar surface area (TPSA) is 0 Å². The zero-order valence-corrected chi connectivity index (χ0v) is 6.45. The van der Waals surface area contributed by atoms with Crippen molar-refractivity contribution in [3.05, 3.63) is 0 Å². The zero-order valence-electron chi connectivity index (χ0n) is 2.42. The molecule has 0 aliphatic carbocycles. The molecule has 0 bridgehead atoms. The van der Waals surface area contributed by atoms with Crippen LogP contribution in [0, 0.1) is 0 Å². The van der Waals surface area contributed by atoms with Gasteiger partial charge in [0.2, 0.25) is 0 Å². The molecule has 0 atom stereocenters. The molecule has 0 N–H and O–H groups in total. The molecular formula is CH3F3Sn. The van der Waals surface area contributed by atoms with Crippen molar-refractivity contribution in [2.45, 2.75) is 6.68 Å². The van der Waals surface area contributed by atoms with Gasteiger partial charge in [-0.2, -0.15) is 13.2 Å². The van der Waals surface area contributed by atoms with Gasteiger partial charge in [0.15, 0.2) is 0 Å². The van der Waals surface area contributed by atoms with Gasteiger partial charge in [0, 0.05) is 0 Å². The zero-order chi connectivity index (χ0) is 3.58. The Morgan fingerprint density at radius 1 is 1.00 bits per heavy atom. The van der Waals surface area contributed by atoms with Crippen LogP contribution in [0.15, 0.2) is 0 Å². The van der Waals surface area contributed by atoms with Gasteiger partial charge in [0.1, 0.15) is 0 Å². The molecule has 0 spiro atoms. The van der Waals surface area contributed by atoms with E-state index in [1.807, 2.05) is 0 Å². The monoisotopic (exact) mass is 192 g/mol. The van der Waals surface area contributed by atoms with Crippen LogP contribution in [0.5, 0.6) is 0 Å². The van der Waals surface area contributed by atoms with E-state index in [4.69, 9.17) is 0 Å². The molecule has 0 aromatic heterocycles. The second kappa shape index (κ2) is 4.59. The van der Waals surface area contributed by atoms with Crippen LogP contribution in [0.4, 0.5) is 13.2 Å². The summed E-state index contributed by atoms with van der Waals surface area (Å²) in [6.07, 6.45) is 0. The number of halogens is 3. The molecule has 0 aromatic carbocycles. The average molecular weight is 191 g/mol. The van der Waals surface area contributed by atoms with Gasteiger partial charge in [0.05, 0.1) is 0 Å². The molecule has 0 aliphatic rings. The predicted molar refractivity (Wildman–Crippen MR) is 15.7 cm³/mol. The summed E-state index contributed by atoms with van der Waals surface area (Å²) in [7, 11) is 0. The molecule has 0 aliphatic heterocycles. The SMILES string of the molecule is FC(F)F.[SnH2]. The fraction of sp³-hybridized carbons (Fsp3) is 1.00. The number of hydrogen-bond donors (Lipinski definition) is 0. The molecule has 2 radical (unpaired) electrons. The maximum atomic E-state index is 9.67. The van der Waals surface area contributed by atoms with E-state index >= 15 is 0 Å². The second-order valence-corrected chi connectivity index (χ2v) is 0.247. The molecule has 0 heterocycles. The number of hydrogen-bond acceptors (Lipinski definition) is 0. The predicted octanol–water partition coefficient (Wildman–Crippen LogP) is 0.262. The molecule has 0 saturated heterocycles. The van der Waals surface area contributed by atoms with Crippen LogP contribution >= 0.6 is 0 Å². The molecule has 4 heteroatoms. The van der Waals surface area contributed by atoms with E-state index in [-0.39, 0.29) is 23.9 Å². The Balaban J connectivity index is 0. The van der Waals surface area contributed by atoms with Crippen molar-refractivity contribution in [1.82, 2.24) is 0 Å². The van der Waals surface area contributed by atoms with Crippen LogP contribution in [0.25, 0.3) is 0 Å². The standard InChI is InChI=1S/CHF3.Sn.2H/c2-1(3)4;;;/h1H;;;. The summed E-state index contributed by atoms with van der Waals surface area (Å²) in [5.74, 6) is 0. The summed E-state index contributed by atoms with van der Waals surface area (Å²) in [6.45, 7) is -3.67. The summed E-state index contributed by atoms with van der Waals surface area (Å²) in [4.78, 5) is 0. The van der Waals surface area contributed by atoms with Crippen molar-refractivity contribution in [2.75, 3.05) is 0 Å². The van der Waals surface area contributed by atoms with Crippen molar-refractivity contribution in [1.29, 1.82) is 0 Å². The van der Waals surface area contributed by atoms with Crippen molar-refractivity contribution in [3.63, 3.8) is 0 Å². The van der Waals surface area contributed by atoms with E-state index in [0.29, 0.717) is 0 Å². The Morgan fingerprint density at radius 2 is 1.00 bits per heavy atom. The summed E-state index contributed by atoms with van der Waals surface area (Å²) in [5, 5.41) is 0. The van der Waals surface area contributed by atoms with Crippen molar-refractivity contribution >= 4 is 23.9 Å². The third-order valence-electron chi connectivity index (χ3n) is 0. The van der Waals surface area contributed by atoms with Crippen molar-refractivity contribution in [2.24, 2.45) is 0 Å². The minimum absolute atomic E-state index is 0. The Morgan fingerprint density at radius 3 is 1.00 bits per heavy atom. The molecule has 0 aromatic rings. The third kappa shape index (κ3) is 88.7.